The van der Waals surface area contributed by atoms with E-state index >= 15 is 0 Å². The van der Waals surface area contributed by atoms with Crippen LogP contribution in [0.25, 0.3) is 0 Å². The van der Waals surface area contributed by atoms with Gasteiger partial charge < -0.3 is 14.7 Å². The van der Waals surface area contributed by atoms with Gasteiger partial charge in [-0.15, -0.1) is 0 Å². The molecule has 0 aliphatic carbocycles. The molecular weight excluding hydrogens is 399 g/mol. The van der Waals surface area contributed by atoms with Crippen molar-refractivity contribution in [3.05, 3.63) is 57.8 Å². The van der Waals surface area contributed by atoms with E-state index in [1.54, 1.807) is 48.7 Å². The molecule has 1 aromatic heterocycles. The smallest absolute Gasteiger partial charge is 0.227 e. The van der Waals surface area contributed by atoms with Crippen LogP contribution in [0.15, 0.2) is 36.7 Å². The third-order valence-electron chi connectivity index (χ3n) is 5.17. The first-order chi connectivity index (χ1) is 13.5. The Kier molecular flexibility index (Phi) is 7.16. The van der Waals surface area contributed by atoms with Gasteiger partial charge in [0.1, 0.15) is 11.9 Å². The van der Waals surface area contributed by atoms with Gasteiger partial charge in [0.15, 0.2) is 0 Å². The number of aliphatic hydroxyl groups excluding tert-OH is 1. The second-order valence-corrected chi connectivity index (χ2v) is 7.81. The molecule has 0 saturated carbocycles. The monoisotopic (exact) mass is 422 g/mol. The second-order valence-electron chi connectivity index (χ2n) is 6.99. The first kappa shape index (κ1) is 20.9. The Labute approximate surface area is 175 Å². The predicted octanol–water partition coefficient (Wildman–Crippen LogP) is 4.44. The normalized spacial score (nSPS) is 18.4. The van der Waals surface area contributed by atoms with Crippen LogP contribution >= 0.6 is 23.2 Å². The number of carbonyl (C=O) groups excluding carboxylic acids is 1. The van der Waals surface area contributed by atoms with Crippen LogP contribution in [0.5, 0.6) is 5.75 Å². The predicted molar refractivity (Wildman–Crippen MR) is 110 cm³/mol. The highest BCUT2D eigenvalue weighted by Crippen LogP contribution is 2.33. The maximum absolute atomic E-state index is 13.1. The van der Waals surface area contributed by atoms with Crippen LogP contribution in [-0.4, -0.2) is 40.6 Å². The number of carbonyl (C=O) groups is 1. The molecule has 7 heteroatoms. The van der Waals surface area contributed by atoms with Crippen molar-refractivity contribution in [3.8, 4) is 5.75 Å². The lowest BCUT2D eigenvalue weighted by atomic mass is 9.97. The zero-order valence-electron chi connectivity index (χ0n) is 15.8. The number of pyridine rings is 1. The quantitative estimate of drug-likeness (QED) is 0.772. The van der Waals surface area contributed by atoms with Gasteiger partial charge in [0.05, 0.1) is 29.6 Å². The van der Waals surface area contributed by atoms with E-state index in [-0.39, 0.29) is 18.4 Å². The zero-order valence-corrected chi connectivity index (χ0v) is 17.3. The summed E-state index contributed by atoms with van der Waals surface area (Å²) in [4.78, 5) is 19.0. The number of aromatic nitrogens is 1. The van der Waals surface area contributed by atoms with Crippen molar-refractivity contribution in [2.45, 2.75) is 44.2 Å². The van der Waals surface area contributed by atoms with Crippen LogP contribution in [0.4, 0.5) is 0 Å². The summed E-state index contributed by atoms with van der Waals surface area (Å²) in [5.41, 5.74) is 1.40. The number of hydrogen-bond acceptors (Lipinski definition) is 4. The van der Waals surface area contributed by atoms with Gasteiger partial charge in [0, 0.05) is 24.5 Å². The summed E-state index contributed by atoms with van der Waals surface area (Å²) in [5, 5.41) is 12.0. The number of ether oxygens (including phenoxy) is 1. The Morgan fingerprint density at radius 1 is 1.29 bits per heavy atom. The van der Waals surface area contributed by atoms with E-state index in [0.29, 0.717) is 27.9 Å². The summed E-state index contributed by atoms with van der Waals surface area (Å²) in [6.07, 6.45) is 6.22. The molecular formula is C21H24Cl2N2O3. The maximum atomic E-state index is 13.1. The van der Waals surface area contributed by atoms with Gasteiger partial charge in [-0.05, 0) is 36.6 Å². The molecule has 1 unspecified atom stereocenters. The summed E-state index contributed by atoms with van der Waals surface area (Å²) >= 11 is 12.1. The molecule has 150 valence electrons. The van der Waals surface area contributed by atoms with Crippen LogP contribution in [0.3, 0.4) is 0 Å². The Hall–Kier alpha value is -1.82. The van der Waals surface area contributed by atoms with Gasteiger partial charge in [0.2, 0.25) is 5.91 Å². The highest BCUT2D eigenvalue weighted by Gasteiger charge is 2.33. The highest BCUT2D eigenvalue weighted by molar-refractivity contribution is 6.42. The topological polar surface area (TPSA) is 62.7 Å². The van der Waals surface area contributed by atoms with Crippen molar-refractivity contribution in [3.63, 3.8) is 0 Å². The molecule has 2 heterocycles. The molecule has 1 aromatic carbocycles. The third-order valence-corrected chi connectivity index (χ3v) is 5.91. The molecule has 1 aliphatic heterocycles. The molecule has 1 fully saturated rings. The summed E-state index contributed by atoms with van der Waals surface area (Å²) in [5.74, 6) is 0.538. The summed E-state index contributed by atoms with van der Waals surface area (Å²) < 4.78 is 5.37. The minimum absolute atomic E-state index is 0.0350. The minimum atomic E-state index is -0.862. The van der Waals surface area contributed by atoms with Gasteiger partial charge >= 0.3 is 0 Å². The molecule has 1 aliphatic rings. The fraction of sp³-hybridized carbons (Fsp3) is 0.429. The maximum Gasteiger partial charge on any atom is 0.227 e. The van der Waals surface area contributed by atoms with Crippen molar-refractivity contribution in [1.82, 2.24) is 9.88 Å². The molecule has 2 atom stereocenters. The van der Waals surface area contributed by atoms with Gasteiger partial charge in [-0.3, -0.25) is 9.78 Å². The molecule has 2 aromatic rings. The molecule has 0 radical (unpaired) electrons. The number of halogens is 2. The zero-order chi connectivity index (χ0) is 20.1. The Morgan fingerprint density at radius 2 is 2.11 bits per heavy atom. The Bertz CT molecular complexity index is 831. The molecule has 0 bridgehead atoms. The third kappa shape index (κ3) is 4.77. The average molecular weight is 423 g/mol. The lowest BCUT2D eigenvalue weighted by molar-refractivity contribution is -0.135. The standard InChI is InChI=1S/C21H24Cl2N2O3/c1-28-19-8-9-24-13-15(19)21(27)18-5-3-2-4-10-25(18)20(26)12-14-6-7-16(22)17(23)11-14/h6-9,11,13,18,21,27H,2-5,10,12H2,1H3/t18-,21?/m0/s1. The van der Waals surface area contributed by atoms with Crippen LogP contribution in [0, 0.1) is 0 Å². The first-order valence-corrected chi connectivity index (χ1v) is 10.2. The number of rotatable bonds is 5. The van der Waals surface area contributed by atoms with Gasteiger partial charge in [-0.1, -0.05) is 42.1 Å². The number of hydrogen-bond donors (Lipinski definition) is 1. The van der Waals surface area contributed by atoms with Gasteiger partial charge in [0.25, 0.3) is 0 Å². The molecule has 1 N–H and O–H groups in total. The number of methoxy groups -OCH3 is 1. The largest absolute Gasteiger partial charge is 0.496 e. The summed E-state index contributed by atoms with van der Waals surface area (Å²) in [6, 6.07) is 6.61. The summed E-state index contributed by atoms with van der Waals surface area (Å²) in [6.45, 7) is 0.616. The number of likely N-dealkylation sites (tertiary alicyclic amines) is 1. The van der Waals surface area contributed by atoms with E-state index in [1.165, 1.54) is 0 Å². The van der Waals surface area contributed by atoms with E-state index in [4.69, 9.17) is 27.9 Å². The van der Waals surface area contributed by atoms with Gasteiger partial charge in [-0.2, -0.15) is 0 Å². The average Bonchev–Trinajstić information content (AvgIpc) is 2.96. The van der Waals surface area contributed by atoms with E-state index in [0.717, 1.165) is 31.2 Å². The van der Waals surface area contributed by atoms with Gasteiger partial charge in [-0.25, -0.2) is 0 Å². The molecule has 5 nitrogen and oxygen atoms in total. The SMILES string of the molecule is COc1ccncc1C(O)[C@@H]1CCCCCN1C(=O)Cc1ccc(Cl)c(Cl)c1. The molecule has 0 spiro atoms. The van der Waals surface area contributed by atoms with E-state index in [1.807, 2.05) is 0 Å². The fourth-order valence-electron chi connectivity index (χ4n) is 3.71. The van der Waals surface area contributed by atoms with E-state index in [9.17, 15) is 9.90 Å². The molecule has 28 heavy (non-hydrogen) atoms. The second kappa shape index (κ2) is 9.59. The van der Waals surface area contributed by atoms with Crippen LogP contribution < -0.4 is 4.74 Å². The minimum Gasteiger partial charge on any atom is -0.496 e. The van der Waals surface area contributed by atoms with Crippen LogP contribution in [0.2, 0.25) is 10.0 Å². The Morgan fingerprint density at radius 3 is 2.86 bits per heavy atom. The molecule has 1 amide bonds. The lowest BCUT2D eigenvalue weighted by Gasteiger charge is -2.34. The van der Waals surface area contributed by atoms with Crippen molar-refractivity contribution in [1.29, 1.82) is 0 Å². The van der Waals surface area contributed by atoms with E-state index in [2.05, 4.69) is 4.98 Å². The highest BCUT2D eigenvalue weighted by atomic mass is 35.5. The number of aliphatic hydroxyl groups is 1. The van der Waals surface area contributed by atoms with Crippen LogP contribution in [-0.2, 0) is 11.2 Å². The fourth-order valence-corrected chi connectivity index (χ4v) is 4.03. The summed E-state index contributed by atoms with van der Waals surface area (Å²) in [7, 11) is 1.56. The van der Waals surface area contributed by atoms with Crippen molar-refractivity contribution < 1.29 is 14.6 Å². The number of benzene rings is 1. The molecule has 1 saturated heterocycles. The number of nitrogens with zero attached hydrogens (tertiary/aromatic N) is 2. The lowest BCUT2D eigenvalue weighted by Crippen LogP contribution is -2.44. The van der Waals surface area contributed by atoms with E-state index < -0.39 is 6.10 Å². The Balaban J connectivity index is 1.83. The van der Waals surface area contributed by atoms with Crippen LogP contribution in [0.1, 0.15) is 42.9 Å². The van der Waals surface area contributed by atoms with Crippen molar-refractivity contribution in [2.75, 3.05) is 13.7 Å². The number of amides is 1. The van der Waals surface area contributed by atoms with Crippen molar-refractivity contribution >= 4 is 29.1 Å². The first-order valence-electron chi connectivity index (χ1n) is 9.40. The molecule has 3 rings (SSSR count). The van der Waals surface area contributed by atoms with Crippen molar-refractivity contribution in [2.24, 2.45) is 0 Å².